The molecule has 2 atom stereocenters. The molecule has 0 bridgehead atoms. The molecule has 13 heteroatoms. The second kappa shape index (κ2) is 9.48. The number of ether oxygens (including phenoxy) is 1. The van der Waals surface area contributed by atoms with E-state index in [-0.39, 0.29) is 29.7 Å². The van der Waals surface area contributed by atoms with Gasteiger partial charge in [-0.15, -0.1) is 0 Å². The molecule has 4 aromatic heterocycles. The van der Waals surface area contributed by atoms with Gasteiger partial charge in [0, 0.05) is 30.9 Å². The number of allylic oxidation sites excluding steroid dienone is 1. The Bertz CT molecular complexity index is 1790. The van der Waals surface area contributed by atoms with Gasteiger partial charge in [-0.3, -0.25) is 19.1 Å². The molecular weight excluding hydrogens is 526 g/mol. The lowest BCUT2D eigenvalue weighted by Gasteiger charge is -2.21. The number of epoxide rings is 1. The van der Waals surface area contributed by atoms with Crippen LogP contribution in [-0.2, 0) is 21.7 Å². The van der Waals surface area contributed by atoms with Crippen molar-refractivity contribution in [2.24, 2.45) is 0 Å². The summed E-state index contributed by atoms with van der Waals surface area (Å²) < 4.78 is 12.5. The Labute approximate surface area is 233 Å². The Morgan fingerprint density at radius 1 is 1.24 bits per heavy atom. The van der Waals surface area contributed by atoms with Gasteiger partial charge in [0.25, 0.3) is 11.4 Å². The van der Waals surface area contributed by atoms with Gasteiger partial charge in [-0.2, -0.15) is 4.98 Å². The average molecular weight is 552 g/mol. The highest BCUT2D eigenvalue weighted by Crippen LogP contribution is 2.39. The third-order valence-corrected chi connectivity index (χ3v) is 7.39. The van der Waals surface area contributed by atoms with Crippen molar-refractivity contribution in [1.82, 2.24) is 35.0 Å². The van der Waals surface area contributed by atoms with Crippen LogP contribution in [0.25, 0.3) is 23.2 Å². The maximum Gasteiger partial charge on any atom is 0.282 e. The van der Waals surface area contributed by atoms with E-state index in [0.29, 0.717) is 49.0 Å². The van der Waals surface area contributed by atoms with Crippen LogP contribution in [0.2, 0.25) is 0 Å². The second-order valence-corrected chi connectivity index (χ2v) is 10.2. The van der Waals surface area contributed by atoms with E-state index in [1.807, 2.05) is 12.1 Å². The predicted octanol–water partition coefficient (Wildman–Crippen LogP) is 2.06. The van der Waals surface area contributed by atoms with E-state index in [2.05, 4.69) is 42.3 Å². The van der Waals surface area contributed by atoms with E-state index < -0.39 is 11.8 Å². The van der Waals surface area contributed by atoms with Gasteiger partial charge >= 0.3 is 0 Å². The quantitative estimate of drug-likeness (QED) is 0.286. The normalized spacial score (nSPS) is 20.6. The fourth-order valence-electron chi connectivity index (χ4n) is 5.24. The zero-order valence-corrected chi connectivity index (χ0v) is 21.8. The van der Waals surface area contributed by atoms with E-state index in [0.717, 1.165) is 22.3 Å². The minimum absolute atomic E-state index is 0.165. The zero-order chi connectivity index (χ0) is 28.1. The van der Waals surface area contributed by atoms with Gasteiger partial charge in [-0.25, -0.2) is 9.97 Å². The Balaban J connectivity index is 1.08. The fourth-order valence-corrected chi connectivity index (χ4v) is 5.24. The molecular formula is C28H25N9O4. The van der Waals surface area contributed by atoms with Crippen LogP contribution in [0.5, 0.6) is 0 Å². The van der Waals surface area contributed by atoms with Crippen LogP contribution >= 0.6 is 0 Å². The molecule has 7 rings (SSSR count). The molecule has 4 aromatic rings. The molecule has 206 valence electrons. The number of pyridine rings is 2. The molecule has 1 aliphatic carbocycles. The van der Waals surface area contributed by atoms with Crippen LogP contribution in [0.15, 0.2) is 64.3 Å². The van der Waals surface area contributed by atoms with Crippen molar-refractivity contribution in [3.05, 3.63) is 88.2 Å². The summed E-state index contributed by atoms with van der Waals surface area (Å²) in [6, 6.07) is 6.48. The summed E-state index contributed by atoms with van der Waals surface area (Å²) in [5.41, 5.74) is 8.75. The van der Waals surface area contributed by atoms with Gasteiger partial charge in [0.05, 0.1) is 6.20 Å². The van der Waals surface area contributed by atoms with Crippen LogP contribution in [0, 0.1) is 0 Å². The Morgan fingerprint density at radius 2 is 2.12 bits per heavy atom. The minimum Gasteiger partial charge on any atom is -0.384 e. The molecule has 0 aromatic carbocycles. The molecule has 1 fully saturated rings. The number of rotatable bonds is 7. The van der Waals surface area contributed by atoms with Gasteiger partial charge in [0.15, 0.2) is 0 Å². The van der Waals surface area contributed by atoms with E-state index in [4.69, 9.17) is 15.0 Å². The van der Waals surface area contributed by atoms with Crippen LogP contribution in [0.4, 0.5) is 11.5 Å². The molecule has 1 amide bonds. The Morgan fingerprint density at radius 3 is 2.93 bits per heavy atom. The van der Waals surface area contributed by atoms with E-state index in [1.165, 1.54) is 10.8 Å². The van der Waals surface area contributed by atoms with Crippen molar-refractivity contribution >= 4 is 29.1 Å². The number of aromatic nitrogens is 6. The van der Waals surface area contributed by atoms with Crippen molar-refractivity contribution < 1.29 is 14.1 Å². The smallest absolute Gasteiger partial charge is 0.282 e. The van der Waals surface area contributed by atoms with E-state index >= 15 is 0 Å². The van der Waals surface area contributed by atoms with Crippen molar-refractivity contribution in [3.63, 3.8) is 0 Å². The van der Waals surface area contributed by atoms with Crippen molar-refractivity contribution in [1.29, 1.82) is 0 Å². The summed E-state index contributed by atoms with van der Waals surface area (Å²) in [5, 5.41) is 10.0. The average Bonchev–Trinajstić information content (AvgIpc) is 3.38. The molecule has 0 saturated carbocycles. The van der Waals surface area contributed by atoms with Crippen LogP contribution in [0.1, 0.15) is 41.7 Å². The summed E-state index contributed by atoms with van der Waals surface area (Å²) in [6.45, 7) is 4.69. The molecule has 1 saturated heterocycles. The first kappa shape index (κ1) is 24.8. The molecule has 1 unspecified atom stereocenters. The van der Waals surface area contributed by atoms with Gasteiger partial charge in [0.1, 0.15) is 35.7 Å². The Kier molecular flexibility index (Phi) is 5.75. The van der Waals surface area contributed by atoms with Gasteiger partial charge < -0.3 is 25.6 Å². The molecule has 3 aliphatic rings. The number of carbonyl (C=O) groups excluding carboxylic acids is 1. The number of anilines is 2. The molecule has 13 nitrogen and oxygen atoms in total. The molecule has 4 N–H and O–H groups in total. The fraction of sp³-hybridized carbons (Fsp3) is 0.250. The van der Waals surface area contributed by atoms with E-state index in [1.54, 1.807) is 30.6 Å². The van der Waals surface area contributed by atoms with Crippen molar-refractivity contribution in [2.45, 2.75) is 31.0 Å². The summed E-state index contributed by atoms with van der Waals surface area (Å²) >= 11 is 0. The third kappa shape index (κ3) is 4.45. The van der Waals surface area contributed by atoms with Crippen LogP contribution < -0.4 is 21.9 Å². The molecule has 6 heterocycles. The number of amides is 1. The number of fused-ring (bicyclic) bond motifs is 2. The number of carbonyl (C=O) groups is 1. The summed E-state index contributed by atoms with van der Waals surface area (Å²) in [7, 11) is 0. The Hall–Kier alpha value is -5.17. The highest BCUT2D eigenvalue weighted by atomic mass is 16.6. The SMILES string of the molecule is C=C1CC(CNC(=O)[C@@H]2CCc3ncc(NC4(c5nc(-c6ccccn6)no5)CO4)c(=O)n32)=Cc2cnc(N)cc21. The topological polar surface area (TPSA) is 179 Å². The van der Waals surface area contributed by atoms with E-state index in [9.17, 15) is 9.59 Å². The molecule has 41 heavy (non-hydrogen) atoms. The molecule has 2 aliphatic heterocycles. The summed E-state index contributed by atoms with van der Waals surface area (Å²) in [6.07, 6.45) is 8.35. The van der Waals surface area contributed by atoms with Gasteiger partial charge in [-0.1, -0.05) is 23.9 Å². The lowest BCUT2D eigenvalue weighted by Crippen LogP contribution is -2.38. The largest absolute Gasteiger partial charge is 0.384 e. The minimum atomic E-state index is -1.16. The van der Waals surface area contributed by atoms with Crippen LogP contribution in [0.3, 0.4) is 0 Å². The first-order chi connectivity index (χ1) is 19.9. The molecule has 0 spiro atoms. The second-order valence-electron chi connectivity index (χ2n) is 10.2. The predicted molar refractivity (Wildman–Crippen MR) is 148 cm³/mol. The van der Waals surface area contributed by atoms with Crippen molar-refractivity contribution in [3.8, 4) is 11.5 Å². The first-order valence-electron chi connectivity index (χ1n) is 13.1. The summed E-state index contributed by atoms with van der Waals surface area (Å²) in [5.74, 6) is 1.20. The van der Waals surface area contributed by atoms with Gasteiger partial charge in [-0.05, 0) is 47.8 Å². The van der Waals surface area contributed by atoms with Gasteiger partial charge in [0.2, 0.25) is 17.5 Å². The number of nitrogen functional groups attached to an aromatic ring is 1. The monoisotopic (exact) mass is 551 g/mol. The highest BCUT2D eigenvalue weighted by molar-refractivity contribution is 5.83. The highest BCUT2D eigenvalue weighted by Gasteiger charge is 2.53. The maximum absolute atomic E-state index is 13.6. The number of nitrogens with one attached hydrogen (secondary N) is 2. The number of hydrogen-bond donors (Lipinski definition) is 3. The molecule has 0 radical (unpaired) electrons. The summed E-state index contributed by atoms with van der Waals surface area (Å²) in [4.78, 5) is 44.1. The maximum atomic E-state index is 13.6. The lowest BCUT2D eigenvalue weighted by molar-refractivity contribution is -0.124. The lowest BCUT2D eigenvalue weighted by atomic mass is 9.89. The number of aryl methyl sites for hydroxylation is 1. The van der Waals surface area contributed by atoms with Crippen LogP contribution in [-0.4, -0.2) is 48.7 Å². The number of nitrogens with zero attached hydrogens (tertiary/aromatic N) is 6. The number of hydrogen-bond acceptors (Lipinski definition) is 11. The van der Waals surface area contributed by atoms with Crippen molar-refractivity contribution in [2.75, 3.05) is 24.2 Å². The third-order valence-electron chi connectivity index (χ3n) is 7.39. The standard InChI is InChI=1S/C28H25N9O4/c1-15-8-16(9-17-12-31-22(29)10-18(15)17)11-33-25(38)21-5-6-23-32-13-20(26(39)37(21)23)35-28(14-40-28)27-34-24(36-41-27)19-4-2-3-7-30-19/h2-4,7,9-10,12-13,21,35H,1,5-6,8,11,14H2,(H2,29,31)(H,33,38)/t21-,28?/m0/s1. The zero-order valence-electron chi connectivity index (χ0n) is 21.8. The first-order valence-corrected chi connectivity index (χ1v) is 13.1. The number of nitrogens with two attached hydrogens (primary N) is 1.